The first-order valence-corrected chi connectivity index (χ1v) is 13.5. The number of aryl methyl sites for hydroxylation is 1. The topological polar surface area (TPSA) is 54.8 Å². The van der Waals surface area contributed by atoms with Crippen LogP contribution in [0, 0.1) is 6.92 Å². The normalized spacial score (nSPS) is 18.8. The molecule has 0 spiro atoms. The van der Waals surface area contributed by atoms with Gasteiger partial charge in [0.05, 0.1) is 4.91 Å². The number of nitrogens with zero attached hydrogens (tertiary/aromatic N) is 3. The second kappa shape index (κ2) is 11.3. The number of amidine groups is 1. The molecule has 3 aromatic rings. The van der Waals surface area contributed by atoms with E-state index in [2.05, 4.69) is 4.98 Å². The second-order valence-electron chi connectivity index (χ2n) is 9.09. The zero-order valence-electron chi connectivity index (χ0n) is 20.2. The lowest BCUT2D eigenvalue weighted by Crippen LogP contribution is -2.40. The molecule has 1 saturated heterocycles. The van der Waals surface area contributed by atoms with Crippen molar-refractivity contribution in [3.8, 4) is 5.75 Å². The first kappa shape index (κ1) is 24.6. The van der Waals surface area contributed by atoms with Gasteiger partial charge in [-0.15, -0.1) is 0 Å². The Bertz CT molecular complexity index is 1280. The molecule has 184 valence electrons. The van der Waals surface area contributed by atoms with Gasteiger partial charge in [0.25, 0.3) is 5.91 Å². The highest BCUT2D eigenvalue weighted by Gasteiger charge is 2.38. The zero-order chi connectivity index (χ0) is 24.9. The van der Waals surface area contributed by atoms with E-state index >= 15 is 0 Å². The van der Waals surface area contributed by atoms with Crippen LogP contribution in [0.25, 0.3) is 6.08 Å². The maximum Gasteiger partial charge on any atom is 0.267 e. The number of hydrogen-bond acceptors (Lipinski definition) is 5. The highest BCUT2D eigenvalue weighted by molar-refractivity contribution is 8.18. The molecule has 0 unspecified atom stereocenters. The molecular weight excluding hydrogens is 490 g/mol. The molecule has 2 fully saturated rings. The Kier molecular flexibility index (Phi) is 7.73. The lowest BCUT2D eigenvalue weighted by atomic mass is 9.94. The number of ether oxygens (including phenoxy) is 1. The molecule has 0 N–H and O–H groups in total. The van der Waals surface area contributed by atoms with Crippen LogP contribution in [-0.4, -0.2) is 27.0 Å². The first-order valence-electron chi connectivity index (χ1n) is 12.3. The Morgan fingerprint density at radius 1 is 1.06 bits per heavy atom. The quantitative estimate of drug-likeness (QED) is 0.316. The van der Waals surface area contributed by atoms with Crippen LogP contribution < -0.4 is 4.74 Å². The zero-order valence-corrected chi connectivity index (χ0v) is 21.8. The number of halogens is 1. The predicted molar refractivity (Wildman–Crippen MR) is 148 cm³/mol. The van der Waals surface area contributed by atoms with Crippen LogP contribution in [0.15, 0.2) is 76.6 Å². The Morgan fingerprint density at radius 3 is 2.53 bits per heavy atom. The van der Waals surface area contributed by atoms with Crippen molar-refractivity contribution >= 4 is 46.3 Å². The maximum absolute atomic E-state index is 13.5. The van der Waals surface area contributed by atoms with Gasteiger partial charge in [0.2, 0.25) is 0 Å². The average Bonchev–Trinajstić information content (AvgIpc) is 3.19. The van der Waals surface area contributed by atoms with Gasteiger partial charge in [-0.1, -0.05) is 61.2 Å². The van der Waals surface area contributed by atoms with Gasteiger partial charge in [-0.25, -0.2) is 9.98 Å². The van der Waals surface area contributed by atoms with E-state index in [0.29, 0.717) is 22.4 Å². The monoisotopic (exact) mass is 517 g/mol. The molecule has 2 aliphatic rings. The van der Waals surface area contributed by atoms with Crippen molar-refractivity contribution in [3.05, 3.63) is 93.5 Å². The van der Waals surface area contributed by atoms with Crippen molar-refractivity contribution in [1.29, 1.82) is 0 Å². The van der Waals surface area contributed by atoms with E-state index in [0.717, 1.165) is 53.4 Å². The molecule has 2 aromatic carbocycles. The Balaban J connectivity index is 1.34. The average molecular weight is 518 g/mol. The maximum atomic E-state index is 13.5. The molecule has 2 heterocycles. The summed E-state index contributed by atoms with van der Waals surface area (Å²) in [5.74, 6) is 1.44. The fourth-order valence-corrected chi connectivity index (χ4v) is 5.65. The minimum Gasteiger partial charge on any atom is -0.489 e. The summed E-state index contributed by atoms with van der Waals surface area (Å²) >= 11 is 7.38. The van der Waals surface area contributed by atoms with Crippen molar-refractivity contribution in [1.82, 2.24) is 9.88 Å². The van der Waals surface area contributed by atoms with E-state index in [1.165, 1.54) is 18.2 Å². The number of pyridine rings is 1. The molecule has 0 radical (unpaired) electrons. The van der Waals surface area contributed by atoms with Crippen LogP contribution in [0.4, 0.5) is 5.82 Å². The molecule has 1 aliphatic carbocycles. The molecule has 1 aromatic heterocycles. The molecule has 36 heavy (non-hydrogen) atoms. The van der Waals surface area contributed by atoms with Crippen molar-refractivity contribution in [2.45, 2.75) is 51.7 Å². The Labute approximate surface area is 221 Å². The number of aromatic nitrogens is 1. The molecule has 1 aliphatic heterocycles. The summed E-state index contributed by atoms with van der Waals surface area (Å²) in [7, 11) is 0. The van der Waals surface area contributed by atoms with Gasteiger partial charge in [-0.2, -0.15) is 0 Å². The molecule has 5 nitrogen and oxygen atoms in total. The smallest absolute Gasteiger partial charge is 0.267 e. The van der Waals surface area contributed by atoms with Crippen molar-refractivity contribution in [2.75, 3.05) is 0 Å². The number of aliphatic imine (C=N–C) groups is 1. The fourth-order valence-electron chi connectivity index (χ4n) is 4.47. The summed E-state index contributed by atoms with van der Waals surface area (Å²) in [6.07, 6.45) is 7.49. The number of carbonyl (C=O) groups excluding carboxylic acids is 1. The SMILES string of the molecule is Cc1cccc(/N=C2/S/C(=C\c3ccc(OCc4ccc(Cl)cc4)cc3)C(=O)N2C2CCCCC2)n1. The highest BCUT2D eigenvalue weighted by atomic mass is 35.5. The number of hydrogen-bond donors (Lipinski definition) is 0. The standard InChI is InChI=1S/C29H28ClN3O2S/c1-20-6-5-9-27(31-20)32-29-33(24-7-3-2-4-8-24)28(34)26(36-29)18-21-12-16-25(17-13-21)35-19-22-10-14-23(30)15-11-22/h5-6,9-18,24H,2-4,7-8,19H2,1H3/b26-18-,32-29+. The third-order valence-electron chi connectivity index (χ3n) is 6.36. The molecule has 0 bridgehead atoms. The predicted octanol–water partition coefficient (Wildman–Crippen LogP) is 7.56. The van der Waals surface area contributed by atoms with Gasteiger partial charge >= 0.3 is 0 Å². The lowest BCUT2D eigenvalue weighted by Gasteiger charge is -2.30. The lowest BCUT2D eigenvalue weighted by molar-refractivity contribution is -0.124. The summed E-state index contributed by atoms with van der Waals surface area (Å²) in [4.78, 5) is 25.4. The Morgan fingerprint density at radius 2 is 1.81 bits per heavy atom. The van der Waals surface area contributed by atoms with Crippen LogP contribution in [0.3, 0.4) is 0 Å². The van der Waals surface area contributed by atoms with Crippen molar-refractivity contribution in [2.24, 2.45) is 4.99 Å². The summed E-state index contributed by atoms with van der Waals surface area (Å²) in [5.41, 5.74) is 2.91. The van der Waals surface area contributed by atoms with Gasteiger partial charge < -0.3 is 4.74 Å². The van der Waals surface area contributed by atoms with E-state index in [1.807, 2.05) is 84.6 Å². The number of benzene rings is 2. The van der Waals surface area contributed by atoms with Gasteiger partial charge in [0, 0.05) is 16.8 Å². The number of thioether (sulfide) groups is 1. The molecule has 7 heteroatoms. The molecular formula is C29H28ClN3O2S. The van der Waals surface area contributed by atoms with E-state index in [4.69, 9.17) is 21.3 Å². The number of amides is 1. The fraction of sp³-hybridized carbons (Fsp3) is 0.276. The molecule has 5 rings (SSSR count). The minimum atomic E-state index is 0.0290. The summed E-state index contributed by atoms with van der Waals surface area (Å²) < 4.78 is 5.90. The highest BCUT2D eigenvalue weighted by Crippen LogP contribution is 2.38. The number of carbonyl (C=O) groups is 1. The van der Waals surface area contributed by atoms with Crippen LogP contribution in [0.1, 0.15) is 48.9 Å². The summed E-state index contributed by atoms with van der Waals surface area (Å²) in [6.45, 7) is 2.42. The van der Waals surface area contributed by atoms with Gasteiger partial charge in [-0.3, -0.25) is 9.69 Å². The Hall–Kier alpha value is -3.09. The van der Waals surface area contributed by atoms with Crippen molar-refractivity contribution in [3.63, 3.8) is 0 Å². The molecule has 1 amide bonds. The molecule has 1 saturated carbocycles. The van der Waals surface area contributed by atoms with E-state index in [9.17, 15) is 4.79 Å². The van der Waals surface area contributed by atoms with Crippen LogP contribution in [0.5, 0.6) is 5.75 Å². The number of rotatable bonds is 6. The molecule has 0 atom stereocenters. The van der Waals surface area contributed by atoms with Crippen LogP contribution in [-0.2, 0) is 11.4 Å². The third kappa shape index (κ3) is 6.00. The van der Waals surface area contributed by atoms with Gasteiger partial charge in [-0.05, 0) is 85.1 Å². The van der Waals surface area contributed by atoms with E-state index in [1.54, 1.807) is 0 Å². The largest absolute Gasteiger partial charge is 0.489 e. The van der Waals surface area contributed by atoms with E-state index < -0.39 is 0 Å². The van der Waals surface area contributed by atoms with Gasteiger partial charge in [0.15, 0.2) is 11.0 Å². The second-order valence-corrected chi connectivity index (χ2v) is 10.5. The van der Waals surface area contributed by atoms with Crippen LogP contribution >= 0.6 is 23.4 Å². The third-order valence-corrected chi connectivity index (χ3v) is 7.59. The van der Waals surface area contributed by atoms with Crippen LogP contribution in [0.2, 0.25) is 5.02 Å². The van der Waals surface area contributed by atoms with Crippen molar-refractivity contribution < 1.29 is 9.53 Å². The van der Waals surface area contributed by atoms with Gasteiger partial charge in [0.1, 0.15) is 12.4 Å². The first-order chi connectivity index (χ1) is 17.5. The minimum absolute atomic E-state index is 0.0290. The summed E-state index contributed by atoms with van der Waals surface area (Å²) in [6, 6.07) is 21.4. The van der Waals surface area contributed by atoms with E-state index in [-0.39, 0.29) is 11.9 Å². The summed E-state index contributed by atoms with van der Waals surface area (Å²) in [5, 5.41) is 1.43.